The van der Waals surface area contributed by atoms with Gasteiger partial charge in [-0.15, -0.1) is 0 Å². The van der Waals surface area contributed by atoms with Crippen molar-refractivity contribution >= 4 is 11.6 Å². The summed E-state index contributed by atoms with van der Waals surface area (Å²) in [5.74, 6) is 0.796. The zero-order valence-electron chi connectivity index (χ0n) is 9.28. The van der Waals surface area contributed by atoms with E-state index in [9.17, 15) is 0 Å². The molecule has 82 valence electrons. The van der Waals surface area contributed by atoms with Crippen LogP contribution >= 0.6 is 11.6 Å². The lowest BCUT2D eigenvalue weighted by molar-refractivity contribution is 0.236. The van der Waals surface area contributed by atoms with Gasteiger partial charge in [0.2, 0.25) is 0 Å². The Morgan fingerprint density at radius 2 is 2.33 bits per heavy atom. The van der Waals surface area contributed by atoms with Gasteiger partial charge in [-0.05, 0) is 37.9 Å². The summed E-state index contributed by atoms with van der Waals surface area (Å²) in [6, 6.07) is 4.43. The van der Waals surface area contributed by atoms with Gasteiger partial charge in [0.1, 0.15) is 0 Å². The van der Waals surface area contributed by atoms with Crippen LogP contribution in [0.4, 0.5) is 0 Å². The Morgan fingerprint density at radius 1 is 1.53 bits per heavy atom. The summed E-state index contributed by atoms with van der Waals surface area (Å²) in [6.07, 6.45) is 3.07. The van der Waals surface area contributed by atoms with Crippen LogP contribution in [0, 0.1) is 5.92 Å². The average Bonchev–Trinajstić information content (AvgIpc) is 2.50. The molecule has 15 heavy (non-hydrogen) atoms. The number of hydrogen-bond acceptors (Lipinski definition) is 2. The third-order valence-electron chi connectivity index (χ3n) is 3.41. The smallest absolute Gasteiger partial charge is 0.0558 e. The van der Waals surface area contributed by atoms with Crippen molar-refractivity contribution < 1.29 is 0 Å². The van der Waals surface area contributed by atoms with Crippen LogP contribution in [-0.2, 0) is 6.54 Å². The summed E-state index contributed by atoms with van der Waals surface area (Å²) in [7, 11) is 0. The maximum atomic E-state index is 5.94. The molecule has 2 rings (SSSR count). The van der Waals surface area contributed by atoms with Gasteiger partial charge in [0.15, 0.2) is 0 Å². The molecule has 0 spiro atoms. The number of rotatable bonds is 2. The number of aromatic nitrogens is 1. The van der Waals surface area contributed by atoms with Gasteiger partial charge in [-0.25, -0.2) is 0 Å². The minimum atomic E-state index is 0.658. The third-order valence-corrected chi connectivity index (χ3v) is 3.65. The molecular formula is C12H17ClN2. The Morgan fingerprint density at radius 3 is 2.93 bits per heavy atom. The van der Waals surface area contributed by atoms with Gasteiger partial charge >= 0.3 is 0 Å². The topological polar surface area (TPSA) is 16.1 Å². The minimum absolute atomic E-state index is 0.658. The number of nitrogens with zero attached hydrogens (tertiary/aromatic N) is 2. The van der Waals surface area contributed by atoms with Gasteiger partial charge in [-0.2, -0.15) is 0 Å². The lowest BCUT2D eigenvalue weighted by atomic mass is 10.1. The Kier molecular flexibility index (Phi) is 3.27. The highest BCUT2D eigenvalue weighted by Crippen LogP contribution is 2.24. The first-order chi connectivity index (χ1) is 7.16. The molecule has 0 aromatic carbocycles. The molecular weight excluding hydrogens is 208 g/mol. The van der Waals surface area contributed by atoms with Gasteiger partial charge in [0, 0.05) is 23.8 Å². The second kappa shape index (κ2) is 4.50. The summed E-state index contributed by atoms with van der Waals surface area (Å²) in [5, 5.41) is 0.778. The summed E-state index contributed by atoms with van der Waals surface area (Å²) in [6.45, 7) is 6.71. The van der Waals surface area contributed by atoms with E-state index in [4.69, 9.17) is 11.6 Å². The Labute approximate surface area is 96.3 Å². The predicted octanol–water partition coefficient (Wildman–Crippen LogP) is 2.97. The van der Waals surface area contributed by atoms with Crippen molar-refractivity contribution in [3.05, 3.63) is 29.0 Å². The van der Waals surface area contributed by atoms with Crippen molar-refractivity contribution in [3.8, 4) is 0 Å². The minimum Gasteiger partial charge on any atom is -0.295 e. The average molecular weight is 225 g/mol. The first kappa shape index (κ1) is 10.9. The first-order valence-corrected chi connectivity index (χ1v) is 5.89. The molecule has 1 aliphatic heterocycles. The molecule has 2 unspecified atom stereocenters. The van der Waals surface area contributed by atoms with Crippen LogP contribution in [0.3, 0.4) is 0 Å². The highest BCUT2D eigenvalue weighted by atomic mass is 35.5. The molecule has 2 nitrogen and oxygen atoms in total. The highest BCUT2D eigenvalue weighted by Gasteiger charge is 2.27. The van der Waals surface area contributed by atoms with Crippen molar-refractivity contribution in [2.75, 3.05) is 6.54 Å². The molecule has 0 aliphatic carbocycles. The van der Waals surface area contributed by atoms with E-state index in [1.165, 1.54) is 13.0 Å². The van der Waals surface area contributed by atoms with E-state index in [2.05, 4.69) is 23.7 Å². The van der Waals surface area contributed by atoms with E-state index in [0.717, 1.165) is 23.2 Å². The van der Waals surface area contributed by atoms with Gasteiger partial charge in [-0.3, -0.25) is 9.88 Å². The molecule has 0 N–H and O–H groups in total. The van der Waals surface area contributed by atoms with E-state index < -0.39 is 0 Å². The molecule has 0 saturated carbocycles. The maximum Gasteiger partial charge on any atom is 0.0558 e. The molecule has 1 fully saturated rings. The van der Waals surface area contributed by atoms with Crippen molar-refractivity contribution in [1.82, 2.24) is 9.88 Å². The molecule has 1 aromatic heterocycles. The molecule has 3 heteroatoms. The predicted molar refractivity (Wildman–Crippen MR) is 62.9 cm³/mol. The molecule has 0 amide bonds. The number of likely N-dealkylation sites (tertiary alicyclic amines) is 1. The van der Waals surface area contributed by atoms with Crippen LogP contribution in [0.15, 0.2) is 18.3 Å². The Bertz CT molecular complexity index is 340. The van der Waals surface area contributed by atoms with Crippen LogP contribution in [0.25, 0.3) is 0 Å². The van der Waals surface area contributed by atoms with Crippen LogP contribution < -0.4 is 0 Å². The van der Waals surface area contributed by atoms with E-state index in [1.54, 1.807) is 6.20 Å². The molecule has 1 saturated heterocycles. The van der Waals surface area contributed by atoms with Crippen LogP contribution in [0.1, 0.15) is 26.0 Å². The van der Waals surface area contributed by atoms with Crippen molar-refractivity contribution in [2.45, 2.75) is 32.9 Å². The lowest BCUT2D eigenvalue weighted by Crippen LogP contribution is -2.29. The van der Waals surface area contributed by atoms with Crippen LogP contribution in [0.5, 0.6) is 0 Å². The third kappa shape index (κ3) is 2.50. The molecule has 0 bridgehead atoms. The van der Waals surface area contributed by atoms with Crippen molar-refractivity contribution in [3.63, 3.8) is 0 Å². The molecule has 1 aliphatic rings. The Hall–Kier alpha value is -0.600. The van der Waals surface area contributed by atoms with Crippen molar-refractivity contribution in [1.29, 1.82) is 0 Å². The van der Waals surface area contributed by atoms with E-state index in [1.807, 2.05) is 12.1 Å². The molecule has 1 aromatic rings. The molecule has 2 heterocycles. The number of halogens is 1. The Balaban J connectivity index is 2.03. The fourth-order valence-electron chi connectivity index (χ4n) is 2.14. The zero-order chi connectivity index (χ0) is 10.8. The quantitative estimate of drug-likeness (QED) is 0.768. The fraction of sp³-hybridized carbons (Fsp3) is 0.583. The van der Waals surface area contributed by atoms with E-state index in [0.29, 0.717) is 6.04 Å². The summed E-state index contributed by atoms with van der Waals surface area (Å²) in [4.78, 5) is 6.81. The zero-order valence-corrected chi connectivity index (χ0v) is 10.0. The summed E-state index contributed by atoms with van der Waals surface area (Å²) >= 11 is 5.94. The highest BCUT2D eigenvalue weighted by molar-refractivity contribution is 6.30. The normalized spacial score (nSPS) is 27.1. The first-order valence-electron chi connectivity index (χ1n) is 5.51. The summed E-state index contributed by atoms with van der Waals surface area (Å²) in [5.41, 5.74) is 1.07. The second-order valence-electron chi connectivity index (χ2n) is 4.44. The van der Waals surface area contributed by atoms with E-state index >= 15 is 0 Å². The van der Waals surface area contributed by atoms with Gasteiger partial charge in [0.05, 0.1) is 5.69 Å². The largest absolute Gasteiger partial charge is 0.295 e. The second-order valence-corrected chi connectivity index (χ2v) is 4.88. The van der Waals surface area contributed by atoms with E-state index in [-0.39, 0.29) is 0 Å². The van der Waals surface area contributed by atoms with Crippen LogP contribution in [-0.4, -0.2) is 22.5 Å². The molecule has 2 atom stereocenters. The fourth-order valence-corrected chi connectivity index (χ4v) is 2.32. The lowest BCUT2D eigenvalue weighted by Gasteiger charge is -2.22. The summed E-state index contributed by atoms with van der Waals surface area (Å²) < 4.78 is 0. The van der Waals surface area contributed by atoms with Crippen LogP contribution in [0.2, 0.25) is 5.02 Å². The van der Waals surface area contributed by atoms with Gasteiger partial charge in [0.25, 0.3) is 0 Å². The maximum absolute atomic E-state index is 5.94. The van der Waals surface area contributed by atoms with Crippen molar-refractivity contribution in [2.24, 2.45) is 5.92 Å². The van der Waals surface area contributed by atoms with Gasteiger partial charge < -0.3 is 0 Å². The number of pyridine rings is 1. The molecule has 0 radical (unpaired) electrons. The SMILES string of the molecule is CC1CCN(Cc2cc(Cl)ccn2)C1C. The monoisotopic (exact) mass is 224 g/mol. The standard InChI is InChI=1S/C12H17ClN2/c1-9-4-6-15(10(9)2)8-12-7-11(13)3-5-14-12/h3,5,7,9-10H,4,6,8H2,1-2H3. The van der Waals surface area contributed by atoms with Gasteiger partial charge in [-0.1, -0.05) is 18.5 Å². The number of hydrogen-bond donors (Lipinski definition) is 0.